The van der Waals surface area contributed by atoms with Gasteiger partial charge in [0, 0.05) is 12.4 Å². The van der Waals surface area contributed by atoms with Crippen LogP contribution in [0.5, 0.6) is 6.01 Å². The molecule has 0 amide bonds. The fourth-order valence-corrected chi connectivity index (χ4v) is 2.10. The van der Waals surface area contributed by atoms with Crippen LogP contribution in [0.3, 0.4) is 0 Å². The first-order valence-corrected chi connectivity index (χ1v) is 6.55. The second-order valence-corrected chi connectivity index (χ2v) is 5.88. The van der Waals surface area contributed by atoms with Crippen LogP contribution in [-0.2, 0) is 5.41 Å². The molecule has 1 heterocycles. The summed E-state index contributed by atoms with van der Waals surface area (Å²) >= 11 is 0. The van der Waals surface area contributed by atoms with Gasteiger partial charge >= 0.3 is 6.01 Å². The Labute approximate surface area is 104 Å². The molecule has 94 valence electrons. The Hall–Kier alpha value is -1.12. The van der Waals surface area contributed by atoms with Gasteiger partial charge in [0.1, 0.15) is 6.10 Å². The van der Waals surface area contributed by atoms with E-state index in [2.05, 4.69) is 30.7 Å². The molecule has 0 spiro atoms. The first-order valence-electron chi connectivity index (χ1n) is 6.55. The summed E-state index contributed by atoms with van der Waals surface area (Å²) in [6.07, 6.45) is 10.2. The van der Waals surface area contributed by atoms with Crippen molar-refractivity contribution in [2.75, 3.05) is 0 Å². The highest BCUT2D eigenvalue weighted by molar-refractivity contribution is 5.16. The van der Waals surface area contributed by atoms with Crippen LogP contribution in [-0.4, -0.2) is 16.1 Å². The maximum atomic E-state index is 5.80. The number of aromatic nitrogens is 2. The monoisotopic (exact) mass is 234 g/mol. The van der Waals surface area contributed by atoms with E-state index in [-0.39, 0.29) is 5.41 Å². The highest BCUT2D eigenvalue weighted by atomic mass is 16.5. The largest absolute Gasteiger partial charge is 0.460 e. The third-order valence-electron chi connectivity index (χ3n) is 3.32. The van der Waals surface area contributed by atoms with Gasteiger partial charge in [-0.25, -0.2) is 9.97 Å². The second kappa shape index (κ2) is 5.03. The van der Waals surface area contributed by atoms with E-state index < -0.39 is 0 Å². The van der Waals surface area contributed by atoms with Crippen molar-refractivity contribution < 1.29 is 4.74 Å². The van der Waals surface area contributed by atoms with E-state index in [9.17, 15) is 0 Å². The molecule has 0 aromatic carbocycles. The molecule has 1 aliphatic carbocycles. The molecule has 1 saturated carbocycles. The smallest absolute Gasteiger partial charge is 0.316 e. The minimum Gasteiger partial charge on any atom is -0.460 e. The zero-order valence-corrected chi connectivity index (χ0v) is 11.1. The van der Waals surface area contributed by atoms with Crippen LogP contribution in [0.15, 0.2) is 12.4 Å². The summed E-state index contributed by atoms with van der Waals surface area (Å²) in [7, 11) is 0. The fourth-order valence-electron chi connectivity index (χ4n) is 2.10. The molecule has 1 fully saturated rings. The van der Waals surface area contributed by atoms with Crippen molar-refractivity contribution in [2.24, 2.45) is 0 Å². The fraction of sp³-hybridized carbons (Fsp3) is 0.714. The van der Waals surface area contributed by atoms with Crippen molar-refractivity contribution in [3.63, 3.8) is 0 Å². The van der Waals surface area contributed by atoms with Crippen LogP contribution in [0, 0.1) is 0 Å². The number of rotatable bonds is 2. The molecular formula is C14H22N2O. The SMILES string of the molecule is CC(C)(C)c1cnc(OC2CCCCC2)nc1. The van der Waals surface area contributed by atoms with Crippen LogP contribution in [0.2, 0.25) is 0 Å². The normalized spacial score (nSPS) is 18.1. The highest BCUT2D eigenvalue weighted by Gasteiger charge is 2.18. The van der Waals surface area contributed by atoms with Crippen LogP contribution < -0.4 is 4.74 Å². The van der Waals surface area contributed by atoms with E-state index in [4.69, 9.17) is 4.74 Å². The lowest BCUT2D eigenvalue weighted by Crippen LogP contribution is -2.21. The van der Waals surface area contributed by atoms with Gasteiger partial charge in [-0.15, -0.1) is 0 Å². The quantitative estimate of drug-likeness (QED) is 0.785. The van der Waals surface area contributed by atoms with Crippen molar-refractivity contribution in [3.8, 4) is 6.01 Å². The number of ether oxygens (including phenoxy) is 1. The third-order valence-corrected chi connectivity index (χ3v) is 3.32. The van der Waals surface area contributed by atoms with Crippen molar-refractivity contribution in [1.29, 1.82) is 0 Å². The third kappa shape index (κ3) is 3.42. The van der Waals surface area contributed by atoms with Crippen LogP contribution in [0.1, 0.15) is 58.4 Å². The highest BCUT2D eigenvalue weighted by Crippen LogP contribution is 2.23. The molecule has 1 aromatic heterocycles. The Bertz CT molecular complexity index is 347. The Morgan fingerprint density at radius 3 is 2.18 bits per heavy atom. The average Bonchev–Trinajstić information content (AvgIpc) is 2.30. The molecule has 3 nitrogen and oxygen atoms in total. The zero-order valence-electron chi connectivity index (χ0n) is 11.1. The van der Waals surface area contributed by atoms with E-state index in [1.54, 1.807) is 0 Å². The van der Waals surface area contributed by atoms with Crippen molar-refractivity contribution in [1.82, 2.24) is 9.97 Å². The number of hydrogen-bond donors (Lipinski definition) is 0. The van der Waals surface area contributed by atoms with Gasteiger partial charge in [-0.05, 0) is 36.7 Å². The minimum atomic E-state index is 0.101. The van der Waals surface area contributed by atoms with Crippen LogP contribution >= 0.6 is 0 Å². The van der Waals surface area contributed by atoms with Crippen LogP contribution in [0.4, 0.5) is 0 Å². The molecule has 0 bridgehead atoms. The molecule has 3 heteroatoms. The molecule has 0 aliphatic heterocycles. The van der Waals surface area contributed by atoms with E-state index in [0.29, 0.717) is 12.1 Å². The Balaban J connectivity index is 1.98. The lowest BCUT2D eigenvalue weighted by Gasteiger charge is -2.22. The van der Waals surface area contributed by atoms with Gasteiger partial charge in [0.15, 0.2) is 0 Å². The van der Waals surface area contributed by atoms with Crippen molar-refractivity contribution in [2.45, 2.75) is 64.4 Å². The minimum absolute atomic E-state index is 0.101. The molecular weight excluding hydrogens is 212 g/mol. The van der Waals surface area contributed by atoms with Gasteiger partial charge in [-0.1, -0.05) is 27.2 Å². The molecule has 17 heavy (non-hydrogen) atoms. The number of nitrogens with zero attached hydrogens (tertiary/aromatic N) is 2. The van der Waals surface area contributed by atoms with Gasteiger partial charge < -0.3 is 4.74 Å². The van der Waals surface area contributed by atoms with E-state index in [1.807, 2.05) is 12.4 Å². The van der Waals surface area contributed by atoms with Crippen molar-refractivity contribution in [3.05, 3.63) is 18.0 Å². The van der Waals surface area contributed by atoms with Crippen LogP contribution in [0.25, 0.3) is 0 Å². The maximum Gasteiger partial charge on any atom is 0.316 e. The summed E-state index contributed by atoms with van der Waals surface area (Å²) in [5, 5.41) is 0. The topological polar surface area (TPSA) is 35.0 Å². The molecule has 0 unspecified atom stereocenters. The Kier molecular flexibility index (Phi) is 3.65. The summed E-state index contributed by atoms with van der Waals surface area (Å²) in [4.78, 5) is 8.61. The Morgan fingerprint density at radius 2 is 1.65 bits per heavy atom. The zero-order chi connectivity index (χ0) is 12.3. The number of hydrogen-bond acceptors (Lipinski definition) is 3. The molecule has 2 rings (SSSR count). The standard InChI is InChI=1S/C14H22N2O/c1-14(2,3)11-9-15-13(16-10-11)17-12-7-5-4-6-8-12/h9-10,12H,4-8H2,1-3H3. The van der Waals surface area contributed by atoms with E-state index in [1.165, 1.54) is 19.3 Å². The molecule has 0 radical (unpaired) electrons. The van der Waals surface area contributed by atoms with Crippen molar-refractivity contribution >= 4 is 0 Å². The molecule has 0 N–H and O–H groups in total. The molecule has 0 atom stereocenters. The predicted molar refractivity (Wildman–Crippen MR) is 68.2 cm³/mol. The van der Waals surface area contributed by atoms with Gasteiger partial charge in [-0.2, -0.15) is 0 Å². The summed E-state index contributed by atoms with van der Waals surface area (Å²) in [5.41, 5.74) is 1.25. The summed E-state index contributed by atoms with van der Waals surface area (Å²) in [5.74, 6) is 0. The average molecular weight is 234 g/mol. The van der Waals surface area contributed by atoms with Gasteiger partial charge in [0.2, 0.25) is 0 Å². The van der Waals surface area contributed by atoms with Gasteiger partial charge in [0.25, 0.3) is 0 Å². The summed E-state index contributed by atoms with van der Waals surface area (Å²) < 4.78 is 5.80. The second-order valence-electron chi connectivity index (χ2n) is 5.88. The molecule has 0 saturated heterocycles. The van der Waals surface area contributed by atoms with E-state index in [0.717, 1.165) is 18.4 Å². The molecule has 1 aliphatic rings. The first-order chi connectivity index (χ1) is 8.05. The van der Waals surface area contributed by atoms with E-state index >= 15 is 0 Å². The van der Waals surface area contributed by atoms with Gasteiger partial charge in [-0.3, -0.25) is 0 Å². The first kappa shape index (κ1) is 12.3. The predicted octanol–water partition coefficient (Wildman–Crippen LogP) is 3.49. The molecule has 1 aromatic rings. The Morgan fingerprint density at radius 1 is 1.06 bits per heavy atom. The lowest BCUT2D eigenvalue weighted by atomic mass is 9.89. The maximum absolute atomic E-state index is 5.80. The van der Waals surface area contributed by atoms with Gasteiger partial charge in [0.05, 0.1) is 0 Å². The lowest BCUT2D eigenvalue weighted by molar-refractivity contribution is 0.141. The summed E-state index contributed by atoms with van der Waals surface area (Å²) in [6, 6.07) is 0.532. The summed E-state index contributed by atoms with van der Waals surface area (Å²) in [6.45, 7) is 6.48.